The van der Waals surface area contributed by atoms with E-state index in [2.05, 4.69) is 10.3 Å². The molecule has 4 rings (SSSR count). The quantitative estimate of drug-likeness (QED) is 0.802. The Hall–Kier alpha value is -2.90. The molecule has 2 heterocycles. The maximum Gasteiger partial charge on any atom is 0.252 e. The maximum atomic E-state index is 12.9. The lowest BCUT2D eigenvalue weighted by molar-refractivity contribution is -0.121. The van der Waals surface area contributed by atoms with Gasteiger partial charge in [-0.2, -0.15) is 0 Å². The molecule has 1 aliphatic heterocycles. The molecule has 1 aromatic heterocycles. The van der Waals surface area contributed by atoms with Gasteiger partial charge in [0.1, 0.15) is 12.4 Å². The molecule has 2 unspecified atom stereocenters. The van der Waals surface area contributed by atoms with Gasteiger partial charge in [-0.05, 0) is 23.6 Å². The smallest absolute Gasteiger partial charge is 0.252 e. The fourth-order valence-corrected chi connectivity index (χ4v) is 3.86. The molecule has 1 saturated carbocycles. The van der Waals surface area contributed by atoms with E-state index in [1.165, 1.54) is 7.11 Å². The first-order valence-electron chi connectivity index (χ1n) is 8.31. The van der Waals surface area contributed by atoms with Crippen LogP contribution in [0, 0.1) is 17.8 Å². The van der Waals surface area contributed by atoms with Crippen molar-refractivity contribution in [1.29, 1.82) is 0 Å². The van der Waals surface area contributed by atoms with Crippen molar-refractivity contribution in [3.05, 3.63) is 30.0 Å². The third-order valence-electron chi connectivity index (χ3n) is 5.22. The van der Waals surface area contributed by atoms with Crippen molar-refractivity contribution in [2.24, 2.45) is 23.5 Å². The third-order valence-corrected chi connectivity index (χ3v) is 5.22. The molecule has 1 saturated heterocycles. The zero-order chi connectivity index (χ0) is 18.4. The van der Waals surface area contributed by atoms with E-state index < -0.39 is 12.6 Å². The van der Waals surface area contributed by atoms with Gasteiger partial charge in [0, 0.05) is 29.3 Å². The monoisotopic (exact) mass is 359 g/mol. The number of benzene rings is 1. The average Bonchev–Trinajstić information content (AvgIpc) is 3.29. The number of methoxy groups -OCH3 is 1. The van der Waals surface area contributed by atoms with E-state index in [1.807, 2.05) is 0 Å². The number of nitrogens with two attached hydrogens (primary N) is 1. The standard InChI is InChI=1S/C18H18FN3O4/c1-25-13-5-9-8(4-10(13)16(20)23)2-3-21-18(9)26-7-12-14-11(6-19)15(14)17(24)22-12/h2-5,11-12,14-15H,6-7H2,1H3,(H2,20,23)(H,22,24)/t11-,12+,14?,15?/m0/s1. The van der Waals surface area contributed by atoms with Gasteiger partial charge < -0.3 is 20.5 Å². The summed E-state index contributed by atoms with van der Waals surface area (Å²) < 4.78 is 24.0. The molecule has 4 atom stereocenters. The second-order valence-electron chi connectivity index (χ2n) is 6.60. The first kappa shape index (κ1) is 16.6. The van der Waals surface area contributed by atoms with Crippen molar-refractivity contribution in [3.63, 3.8) is 0 Å². The predicted molar refractivity (Wildman–Crippen MR) is 90.7 cm³/mol. The molecule has 7 nitrogen and oxygen atoms in total. The fraction of sp³-hybridized carbons (Fsp3) is 0.389. The maximum absolute atomic E-state index is 12.9. The van der Waals surface area contributed by atoms with Gasteiger partial charge in [-0.25, -0.2) is 4.98 Å². The summed E-state index contributed by atoms with van der Waals surface area (Å²) in [5, 5.41) is 4.23. The molecule has 2 aliphatic rings. The third kappa shape index (κ3) is 2.53. The summed E-state index contributed by atoms with van der Waals surface area (Å²) in [6.45, 7) is -0.283. The summed E-state index contributed by atoms with van der Waals surface area (Å²) >= 11 is 0. The Morgan fingerprint density at radius 1 is 1.42 bits per heavy atom. The Morgan fingerprint density at radius 2 is 2.23 bits per heavy atom. The summed E-state index contributed by atoms with van der Waals surface area (Å²) in [5.41, 5.74) is 5.65. The number of halogens is 1. The summed E-state index contributed by atoms with van der Waals surface area (Å²) in [7, 11) is 1.45. The minimum Gasteiger partial charge on any atom is -0.496 e. The normalized spacial score (nSPS) is 26.3. The molecule has 3 N–H and O–H groups in total. The van der Waals surface area contributed by atoms with Crippen LogP contribution < -0.4 is 20.5 Å². The van der Waals surface area contributed by atoms with E-state index in [0.29, 0.717) is 17.0 Å². The van der Waals surface area contributed by atoms with Gasteiger partial charge in [-0.15, -0.1) is 0 Å². The number of carbonyl (C=O) groups is 2. The lowest BCUT2D eigenvalue weighted by Crippen LogP contribution is -2.37. The second-order valence-corrected chi connectivity index (χ2v) is 6.60. The number of hydrogen-bond acceptors (Lipinski definition) is 5. The van der Waals surface area contributed by atoms with Crippen LogP contribution in [0.25, 0.3) is 10.8 Å². The average molecular weight is 359 g/mol. The Labute approximate surface area is 148 Å². The fourth-order valence-electron chi connectivity index (χ4n) is 3.86. The van der Waals surface area contributed by atoms with E-state index in [-0.39, 0.29) is 41.9 Å². The Bertz CT molecular complexity index is 903. The minimum absolute atomic E-state index is 0.0153. The molecule has 0 bridgehead atoms. The SMILES string of the molecule is COc1cc2c(OC[C@H]3NC(=O)C4C3[C@@H]4CF)nccc2cc1C(N)=O. The van der Waals surface area contributed by atoms with Crippen molar-refractivity contribution in [3.8, 4) is 11.6 Å². The Morgan fingerprint density at radius 3 is 2.88 bits per heavy atom. The van der Waals surface area contributed by atoms with Gasteiger partial charge in [0.25, 0.3) is 5.91 Å². The summed E-state index contributed by atoms with van der Waals surface area (Å²) in [6, 6.07) is 4.78. The topological polar surface area (TPSA) is 104 Å². The molecule has 8 heteroatoms. The van der Waals surface area contributed by atoms with Crippen molar-refractivity contribution in [2.75, 3.05) is 20.4 Å². The summed E-state index contributed by atoms with van der Waals surface area (Å²) in [4.78, 5) is 27.6. The number of nitrogens with zero attached hydrogens (tertiary/aromatic N) is 1. The number of primary amides is 1. The van der Waals surface area contributed by atoms with E-state index in [4.69, 9.17) is 15.2 Å². The lowest BCUT2D eigenvalue weighted by atomic mass is 10.1. The molecule has 2 amide bonds. The molecule has 0 spiro atoms. The lowest BCUT2D eigenvalue weighted by Gasteiger charge is -2.17. The highest BCUT2D eigenvalue weighted by Gasteiger charge is 2.63. The molecule has 2 fully saturated rings. The predicted octanol–water partition coefficient (Wildman–Crippen LogP) is 1.05. The Kier molecular flexibility index (Phi) is 3.90. The van der Waals surface area contributed by atoms with E-state index in [9.17, 15) is 14.0 Å². The van der Waals surface area contributed by atoms with Crippen molar-refractivity contribution in [1.82, 2.24) is 10.3 Å². The number of alkyl halides is 1. The molecular weight excluding hydrogens is 341 g/mol. The molecule has 136 valence electrons. The van der Waals surface area contributed by atoms with Gasteiger partial charge >= 0.3 is 0 Å². The number of hydrogen-bond donors (Lipinski definition) is 2. The van der Waals surface area contributed by atoms with Crippen LogP contribution in [-0.4, -0.2) is 43.2 Å². The van der Waals surface area contributed by atoms with Crippen LogP contribution in [0.5, 0.6) is 11.6 Å². The molecule has 2 aromatic rings. The van der Waals surface area contributed by atoms with Crippen molar-refractivity contribution < 1.29 is 23.5 Å². The largest absolute Gasteiger partial charge is 0.496 e. The summed E-state index contributed by atoms with van der Waals surface area (Å²) in [6.07, 6.45) is 1.56. The molecule has 0 radical (unpaired) electrons. The molecular formula is C18H18FN3O4. The van der Waals surface area contributed by atoms with Crippen LogP contribution in [-0.2, 0) is 4.79 Å². The second kappa shape index (κ2) is 6.12. The number of amides is 2. The minimum atomic E-state index is -0.589. The highest BCUT2D eigenvalue weighted by molar-refractivity contribution is 6.01. The molecule has 26 heavy (non-hydrogen) atoms. The van der Waals surface area contributed by atoms with Crippen LogP contribution in [0.2, 0.25) is 0 Å². The number of aromatic nitrogens is 1. The zero-order valence-electron chi connectivity index (χ0n) is 14.1. The van der Waals surface area contributed by atoms with Crippen molar-refractivity contribution in [2.45, 2.75) is 6.04 Å². The highest BCUT2D eigenvalue weighted by atomic mass is 19.1. The van der Waals surface area contributed by atoms with Crippen LogP contribution in [0.3, 0.4) is 0 Å². The number of rotatable bonds is 6. The summed E-state index contributed by atoms with van der Waals surface area (Å²) in [5.74, 6) is -0.454. The number of fused-ring (bicyclic) bond motifs is 2. The van der Waals surface area contributed by atoms with Gasteiger partial charge in [0.05, 0.1) is 25.4 Å². The van der Waals surface area contributed by atoms with Crippen LogP contribution in [0.4, 0.5) is 4.39 Å². The first-order chi connectivity index (χ1) is 12.5. The zero-order valence-corrected chi connectivity index (χ0v) is 14.1. The van der Waals surface area contributed by atoms with E-state index in [1.54, 1.807) is 24.4 Å². The number of carbonyl (C=O) groups excluding carboxylic acids is 2. The van der Waals surface area contributed by atoms with Crippen LogP contribution in [0.1, 0.15) is 10.4 Å². The Balaban J connectivity index is 1.59. The van der Waals surface area contributed by atoms with Gasteiger partial charge in [0.2, 0.25) is 11.8 Å². The van der Waals surface area contributed by atoms with Gasteiger partial charge in [-0.3, -0.25) is 14.0 Å². The number of ether oxygens (including phenoxy) is 2. The first-order valence-corrected chi connectivity index (χ1v) is 8.31. The van der Waals surface area contributed by atoms with Crippen LogP contribution >= 0.6 is 0 Å². The van der Waals surface area contributed by atoms with Crippen molar-refractivity contribution >= 4 is 22.6 Å². The number of pyridine rings is 1. The molecule has 1 aromatic carbocycles. The van der Waals surface area contributed by atoms with E-state index in [0.717, 1.165) is 5.39 Å². The molecule has 1 aliphatic carbocycles. The van der Waals surface area contributed by atoms with E-state index >= 15 is 0 Å². The van der Waals surface area contributed by atoms with Crippen LogP contribution in [0.15, 0.2) is 24.4 Å². The number of piperidine rings is 1. The van der Waals surface area contributed by atoms with Gasteiger partial charge in [-0.1, -0.05) is 0 Å². The van der Waals surface area contributed by atoms with Gasteiger partial charge in [0.15, 0.2) is 0 Å². The number of nitrogens with one attached hydrogen (secondary N) is 1. The highest BCUT2D eigenvalue weighted by Crippen LogP contribution is 2.52.